The Hall–Kier alpha value is -0.850. The highest BCUT2D eigenvalue weighted by molar-refractivity contribution is 7.89. The topological polar surface area (TPSA) is 62.6 Å². The molecule has 1 aromatic rings. The van der Waals surface area contributed by atoms with Gasteiger partial charge in [0.05, 0.1) is 6.54 Å². The van der Waals surface area contributed by atoms with Crippen molar-refractivity contribution in [2.45, 2.75) is 57.7 Å². The predicted octanol–water partition coefficient (Wildman–Crippen LogP) is 2.59. The average molecular weight is 314 g/mol. The van der Waals surface area contributed by atoms with Crippen LogP contribution >= 0.6 is 0 Å². The molecule has 1 N–H and O–H groups in total. The molecule has 6 heteroatoms. The summed E-state index contributed by atoms with van der Waals surface area (Å²) in [6.07, 6.45) is 2.80. The Morgan fingerprint density at radius 2 is 2.10 bits per heavy atom. The minimum absolute atomic E-state index is 0.0751. The smallest absolute Gasteiger partial charge is 0.276 e. The average Bonchev–Trinajstić information content (AvgIpc) is 3.12. The van der Waals surface area contributed by atoms with Crippen molar-refractivity contribution >= 4 is 10.0 Å². The van der Waals surface area contributed by atoms with Crippen LogP contribution in [0, 0.1) is 5.92 Å². The zero-order valence-corrected chi connectivity index (χ0v) is 13.9. The molecule has 0 atom stereocenters. The summed E-state index contributed by atoms with van der Waals surface area (Å²) >= 11 is 0. The molecule has 0 radical (unpaired) electrons. The highest BCUT2D eigenvalue weighted by Gasteiger charge is 2.39. The minimum Gasteiger partial charge on any atom is -0.447 e. The number of rotatable bonds is 9. The van der Waals surface area contributed by atoms with Gasteiger partial charge < -0.3 is 9.73 Å². The molecule has 0 unspecified atom stereocenters. The van der Waals surface area contributed by atoms with Gasteiger partial charge in [0.25, 0.3) is 10.0 Å². The molecule has 5 nitrogen and oxygen atoms in total. The molecule has 1 aliphatic rings. The van der Waals surface area contributed by atoms with E-state index in [1.165, 1.54) is 0 Å². The van der Waals surface area contributed by atoms with Crippen molar-refractivity contribution < 1.29 is 12.8 Å². The Morgan fingerprint density at radius 1 is 1.38 bits per heavy atom. The molecule has 1 heterocycles. The maximum Gasteiger partial charge on any atom is 0.276 e. The Balaban J connectivity index is 2.12. The second-order valence-corrected chi connectivity index (χ2v) is 7.85. The van der Waals surface area contributed by atoms with E-state index in [4.69, 9.17) is 4.42 Å². The van der Waals surface area contributed by atoms with E-state index in [0.29, 0.717) is 24.8 Å². The molecular weight excluding hydrogens is 288 g/mol. The standard InChI is InChI=1S/C15H26N2O3S/c1-4-16-11-14-7-8-15(20-14)21(18,19)17(13-5-6-13)10-9-12(2)3/h7-8,12-13,16H,4-6,9-11H2,1-3H3. The fourth-order valence-corrected chi connectivity index (χ4v) is 3.84. The van der Waals surface area contributed by atoms with Gasteiger partial charge in [0.2, 0.25) is 5.09 Å². The number of hydrogen-bond acceptors (Lipinski definition) is 4. The molecule has 1 saturated carbocycles. The van der Waals surface area contributed by atoms with Gasteiger partial charge in [0, 0.05) is 12.6 Å². The van der Waals surface area contributed by atoms with E-state index in [1.54, 1.807) is 16.4 Å². The van der Waals surface area contributed by atoms with E-state index in [2.05, 4.69) is 19.2 Å². The number of nitrogens with one attached hydrogen (secondary N) is 1. The second kappa shape index (κ2) is 6.94. The summed E-state index contributed by atoms with van der Waals surface area (Å²) in [5.74, 6) is 1.15. The van der Waals surface area contributed by atoms with E-state index < -0.39 is 10.0 Å². The third-order valence-electron chi connectivity index (χ3n) is 3.63. The third kappa shape index (κ3) is 4.31. The van der Waals surface area contributed by atoms with E-state index in [0.717, 1.165) is 25.8 Å². The number of sulfonamides is 1. The van der Waals surface area contributed by atoms with Crippen molar-refractivity contribution in [3.8, 4) is 0 Å². The summed E-state index contributed by atoms with van der Waals surface area (Å²) in [5.41, 5.74) is 0. The molecule has 0 aliphatic heterocycles. The van der Waals surface area contributed by atoms with Gasteiger partial charge in [0.1, 0.15) is 5.76 Å². The van der Waals surface area contributed by atoms with Crippen LogP contribution in [0.1, 0.15) is 45.8 Å². The molecule has 120 valence electrons. The van der Waals surface area contributed by atoms with E-state index in [-0.39, 0.29) is 11.1 Å². The van der Waals surface area contributed by atoms with Gasteiger partial charge in [-0.25, -0.2) is 8.42 Å². The zero-order chi connectivity index (χ0) is 15.5. The van der Waals surface area contributed by atoms with Crippen molar-refractivity contribution in [1.82, 2.24) is 9.62 Å². The van der Waals surface area contributed by atoms with Crippen LogP contribution < -0.4 is 5.32 Å². The van der Waals surface area contributed by atoms with Gasteiger partial charge >= 0.3 is 0 Å². The maximum absolute atomic E-state index is 12.7. The minimum atomic E-state index is -3.50. The SMILES string of the molecule is CCNCc1ccc(S(=O)(=O)N(CCC(C)C)C2CC2)o1. The van der Waals surface area contributed by atoms with Gasteiger partial charge in [-0.1, -0.05) is 20.8 Å². The van der Waals surface area contributed by atoms with Crippen molar-refractivity contribution in [1.29, 1.82) is 0 Å². The lowest BCUT2D eigenvalue weighted by atomic mass is 10.1. The summed E-state index contributed by atoms with van der Waals surface area (Å²) in [7, 11) is -3.50. The molecule has 1 aromatic heterocycles. The predicted molar refractivity (Wildman–Crippen MR) is 82.5 cm³/mol. The molecule has 0 saturated heterocycles. The summed E-state index contributed by atoms with van der Waals surface area (Å²) in [5, 5.41) is 3.21. The molecule has 2 rings (SSSR count). The van der Waals surface area contributed by atoms with Gasteiger partial charge in [-0.2, -0.15) is 4.31 Å². The van der Waals surface area contributed by atoms with Gasteiger partial charge in [-0.05, 0) is 43.9 Å². The fourth-order valence-electron chi connectivity index (χ4n) is 2.20. The lowest BCUT2D eigenvalue weighted by molar-refractivity contribution is 0.344. The Bertz CT molecular complexity index is 547. The van der Waals surface area contributed by atoms with Crippen LogP contribution in [-0.4, -0.2) is 31.9 Å². The fraction of sp³-hybridized carbons (Fsp3) is 0.733. The molecule has 1 aliphatic carbocycles. The van der Waals surface area contributed by atoms with Crippen LogP contribution in [0.4, 0.5) is 0 Å². The molecule has 0 spiro atoms. The van der Waals surface area contributed by atoms with Crippen molar-refractivity contribution in [3.05, 3.63) is 17.9 Å². The van der Waals surface area contributed by atoms with Crippen molar-refractivity contribution in [2.75, 3.05) is 13.1 Å². The van der Waals surface area contributed by atoms with Gasteiger partial charge in [-0.15, -0.1) is 0 Å². The lowest BCUT2D eigenvalue weighted by Crippen LogP contribution is -2.34. The first-order valence-electron chi connectivity index (χ1n) is 7.76. The lowest BCUT2D eigenvalue weighted by Gasteiger charge is -2.21. The first kappa shape index (κ1) is 16.5. The van der Waals surface area contributed by atoms with Crippen LogP contribution in [0.3, 0.4) is 0 Å². The van der Waals surface area contributed by atoms with Crippen LogP contribution in [0.5, 0.6) is 0 Å². The Morgan fingerprint density at radius 3 is 2.67 bits per heavy atom. The number of furan rings is 1. The quantitative estimate of drug-likeness (QED) is 0.761. The Labute approximate surface area is 127 Å². The Kier molecular flexibility index (Phi) is 5.46. The molecule has 0 amide bonds. The first-order valence-corrected chi connectivity index (χ1v) is 9.20. The van der Waals surface area contributed by atoms with E-state index >= 15 is 0 Å². The third-order valence-corrected chi connectivity index (χ3v) is 5.46. The maximum atomic E-state index is 12.7. The highest BCUT2D eigenvalue weighted by Crippen LogP contribution is 2.33. The summed E-state index contributed by atoms with van der Waals surface area (Å²) in [4.78, 5) is 0. The molecular formula is C15H26N2O3S. The summed E-state index contributed by atoms with van der Waals surface area (Å²) in [6, 6.07) is 3.48. The van der Waals surface area contributed by atoms with Crippen molar-refractivity contribution in [3.63, 3.8) is 0 Å². The van der Waals surface area contributed by atoms with Crippen molar-refractivity contribution in [2.24, 2.45) is 5.92 Å². The van der Waals surface area contributed by atoms with Crippen LogP contribution in [0.25, 0.3) is 0 Å². The van der Waals surface area contributed by atoms with E-state index in [1.807, 2.05) is 6.92 Å². The largest absolute Gasteiger partial charge is 0.447 e. The van der Waals surface area contributed by atoms with Gasteiger partial charge in [0.15, 0.2) is 0 Å². The summed E-state index contributed by atoms with van der Waals surface area (Å²) in [6.45, 7) is 8.18. The van der Waals surface area contributed by atoms with E-state index in [9.17, 15) is 8.42 Å². The molecule has 1 fully saturated rings. The normalized spacial score (nSPS) is 16.0. The molecule has 0 bridgehead atoms. The second-order valence-electron chi connectivity index (χ2n) is 6.03. The number of nitrogens with zero attached hydrogens (tertiary/aromatic N) is 1. The first-order chi connectivity index (χ1) is 9.95. The monoisotopic (exact) mass is 314 g/mol. The van der Waals surface area contributed by atoms with Gasteiger partial charge in [-0.3, -0.25) is 0 Å². The summed E-state index contributed by atoms with van der Waals surface area (Å²) < 4.78 is 32.6. The molecule has 0 aromatic carbocycles. The molecule has 21 heavy (non-hydrogen) atoms. The highest BCUT2D eigenvalue weighted by atomic mass is 32.2. The van der Waals surface area contributed by atoms with Crippen LogP contribution in [0.2, 0.25) is 0 Å². The van der Waals surface area contributed by atoms with Crippen LogP contribution in [-0.2, 0) is 16.6 Å². The van der Waals surface area contributed by atoms with Crippen LogP contribution in [0.15, 0.2) is 21.6 Å². The number of hydrogen-bond donors (Lipinski definition) is 1. The zero-order valence-electron chi connectivity index (χ0n) is 13.1.